The van der Waals surface area contributed by atoms with E-state index in [1.54, 1.807) is 12.1 Å². The molecule has 8 heteroatoms. The highest BCUT2D eigenvalue weighted by molar-refractivity contribution is 7.91. The van der Waals surface area contributed by atoms with Crippen molar-refractivity contribution in [2.24, 2.45) is 0 Å². The quantitative estimate of drug-likeness (QED) is 0.811. The van der Waals surface area contributed by atoms with Crippen LogP contribution in [0.4, 0.5) is 18.9 Å². The van der Waals surface area contributed by atoms with E-state index < -0.39 is 26.5 Å². The van der Waals surface area contributed by atoms with Crippen molar-refractivity contribution in [2.45, 2.75) is 40.8 Å². The van der Waals surface area contributed by atoms with Gasteiger partial charge in [-0.1, -0.05) is 12.1 Å². The van der Waals surface area contributed by atoms with Crippen molar-refractivity contribution in [3.63, 3.8) is 0 Å². The lowest BCUT2D eigenvalue weighted by atomic mass is 9.91. The van der Waals surface area contributed by atoms with E-state index in [4.69, 9.17) is 0 Å². The summed E-state index contributed by atoms with van der Waals surface area (Å²) < 4.78 is 65.9. The largest absolute Gasteiger partial charge is 0.417 e. The summed E-state index contributed by atoms with van der Waals surface area (Å²) in [6, 6.07) is 9.13. The second-order valence-electron chi connectivity index (χ2n) is 6.93. The molecule has 2 aromatic carbocycles. The molecular weight excluding hydrogens is 377 g/mol. The molecule has 0 saturated carbocycles. The number of hydrogen-bond acceptors (Lipinski definition) is 4. The van der Waals surface area contributed by atoms with E-state index in [1.165, 1.54) is 18.2 Å². The summed E-state index contributed by atoms with van der Waals surface area (Å²) in [6.45, 7) is 1.71. The van der Waals surface area contributed by atoms with Crippen LogP contribution in [-0.4, -0.2) is 27.5 Å². The predicted molar refractivity (Wildman–Crippen MR) is 95.6 cm³/mol. The highest BCUT2D eigenvalue weighted by atomic mass is 32.2. The molecule has 2 N–H and O–H groups in total. The smallest absolute Gasteiger partial charge is 0.381 e. The molecule has 0 spiro atoms. The first kappa shape index (κ1) is 18.3. The average Bonchev–Trinajstić information content (AvgIpc) is 2.81. The maximum atomic E-state index is 13.3. The molecule has 2 aromatic rings. The molecule has 2 aliphatic rings. The Labute approximate surface area is 155 Å². The lowest BCUT2D eigenvalue weighted by Gasteiger charge is -2.16. The summed E-state index contributed by atoms with van der Waals surface area (Å²) in [5.74, 6) is 0.156. The molecule has 0 aliphatic carbocycles. The van der Waals surface area contributed by atoms with E-state index in [1.807, 2.05) is 0 Å². The molecule has 0 aromatic heterocycles. The zero-order valence-electron chi connectivity index (χ0n) is 14.4. The monoisotopic (exact) mass is 396 g/mol. The number of benzene rings is 2. The SMILES string of the molecule is O=S(=O)(c1ccc2c(c1)[C@H]1CCNCC[C@H]1N2)c1ccccc1C(F)(F)F. The minimum absolute atomic E-state index is 0.0994. The van der Waals surface area contributed by atoms with Gasteiger partial charge >= 0.3 is 6.18 Å². The van der Waals surface area contributed by atoms with Crippen LogP contribution in [0.25, 0.3) is 0 Å². The molecule has 144 valence electrons. The number of nitrogens with one attached hydrogen (secondary N) is 2. The minimum Gasteiger partial charge on any atom is -0.381 e. The predicted octanol–water partition coefficient (Wildman–Crippen LogP) is 3.80. The van der Waals surface area contributed by atoms with Crippen LogP contribution in [0.5, 0.6) is 0 Å². The number of alkyl halides is 3. The normalized spacial score (nSPS) is 22.5. The molecule has 1 saturated heterocycles. The Hall–Kier alpha value is -2.06. The summed E-state index contributed by atoms with van der Waals surface area (Å²) in [5.41, 5.74) is 0.601. The van der Waals surface area contributed by atoms with Crippen molar-refractivity contribution in [1.29, 1.82) is 0 Å². The minimum atomic E-state index is -4.74. The Balaban J connectivity index is 1.79. The molecule has 1 fully saturated rings. The molecule has 2 heterocycles. The maximum Gasteiger partial charge on any atom is 0.417 e. The number of fused-ring (bicyclic) bond motifs is 3. The van der Waals surface area contributed by atoms with Crippen LogP contribution in [0, 0.1) is 0 Å². The van der Waals surface area contributed by atoms with Gasteiger partial charge in [-0.2, -0.15) is 13.2 Å². The van der Waals surface area contributed by atoms with Crippen LogP contribution >= 0.6 is 0 Å². The highest BCUT2D eigenvalue weighted by Crippen LogP contribution is 2.42. The first-order valence-corrected chi connectivity index (χ1v) is 10.3. The van der Waals surface area contributed by atoms with Gasteiger partial charge in [-0.15, -0.1) is 0 Å². The van der Waals surface area contributed by atoms with E-state index in [9.17, 15) is 21.6 Å². The molecule has 0 bridgehead atoms. The topological polar surface area (TPSA) is 58.2 Å². The zero-order chi connectivity index (χ0) is 19.2. The first-order chi connectivity index (χ1) is 12.8. The summed E-state index contributed by atoms with van der Waals surface area (Å²) in [6.07, 6.45) is -2.97. The fraction of sp³-hybridized carbons (Fsp3) is 0.368. The second-order valence-corrected chi connectivity index (χ2v) is 8.85. The first-order valence-electron chi connectivity index (χ1n) is 8.81. The Morgan fingerprint density at radius 1 is 1.00 bits per heavy atom. The molecule has 0 unspecified atom stereocenters. The number of rotatable bonds is 2. The Bertz CT molecular complexity index is 973. The Kier molecular flexibility index (Phi) is 4.43. The van der Waals surface area contributed by atoms with Gasteiger partial charge in [0.2, 0.25) is 9.84 Å². The molecule has 0 amide bonds. The summed E-state index contributed by atoms with van der Waals surface area (Å²) >= 11 is 0. The third kappa shape index (κ3) is 3.21. The van der Waals surface area contributed by atoms with Crippen LogP contribution in [0.1, 0.15) is 29.9 Å². The number of halogens is 3. The van der Waals surface area contributed by atoms with Gasteiger partial charge in [0.1, 0.15) is 0 Å². The van der Waals surface area contributed by atoms with Gasteiger partial charge in [-0.05, 0) is 61.8 Å². The second kappa shape index (κ2) is 6.53. The molecule has 27 heavy (non-hydrogen) atoms. The van der Waals surface area contributed by atoms with E-state index in [2.05, 4.69) is 10.6 Å². The molecule has 0 radical (unpaired) electrons. The van der Waals surface area contributed by atoms with Gasteiger partial charge in [-0.25, -0.2) is 8.42 Å². The lowest BCUT2D eigenvalue weighted by molar-refractivity contribution is -0.139. The molecular formula is C19H19F3N2O2S. The van der Waals surface area contributed by atoms with Crippen molar-refractivity contribution in [3.8, 4) is 0 Å². The Morgan fingerprint density at radius 2 is 1.74 bits per heavy atom. The van der Waals surface area contributed by atoms with Crippen LogP contribution in [0.3, 0.4) is 0 Å². The Morgan fingerprint density at radius 3 is 2.52 bits per heavy atom. The fourth-order valence-electron chi connectivity index (χ4n) is 4.00. The van der Waals surface area contributed by atoms with Crippen LogP contribution in [0.15, 0.2) is 52.3 Å². The summed E-state index contributed by atoms with van der Waals surface area (Å²) in [7, 11) is -4.28. The highest BCUT2D eigenvalue weighted by Gasteiger charge is 2.38. The van der Waals surface area contributed by atoms with Gasteiger partial charge < -0.3 is 10.6 Å². The number of hydrogen-bond donors (Lipinski definition) is 2. The van der Waals surface area contributed by atoms with Crippen molar-refractivity contribution >= 4 is 15.5 Å². The van der Waals surface area contributed by atoms with E-state index in [0.29, 0.717) is 0 Å². The molecule has 4 rings (SSSR count). The van der Waals surface area contributed by atoms with Gasteiger partial charge in [0, 0.05) is 17.6 Å². The third-order valence-corrected chi connectivity index (χ3v) is 7.12. The van der Waals surface area contributed by atoms with E-state index in [0.717, 1.165) is 49.3 Å². The van der Waals surface area contributed by atoms with Crippen LogP contribution < -0.4 is 10.6 Å². The number of sulfone groups is 1. The van der Waals surface area contributed by atoms with Gasteiger partial charge in [0.05, 0.1) is 15.4 Å². The van der Waals surface area contributed by atoms with E-state index >= 15 is 0 Å². The lowest BCUT2D eigenvalue weighted by Crippen LogP contribution is -2.21. The summed E-state index contributed by atoms with van der Waals surface area (Å²) in [4.78, 5) is -0.805. The molecule has 4 nitrogen and oxygen atoms in total. The molecule has 2 aliphatic heterocycles. The van der Waals surface area contributed by atoms with Crippen molar-refractivity contribution < 1.29 is 21.6 Å². The van der Waals surface area contributed by atoms with E-state index in [-0.39, 0.29) is 16.9 Å². The molecule has 2 atom stereocenters. The number of anilines is 1. The van der Waals surface area contributed by atoms with Crippen molar-refractivity contribution in [1.82, 2.24) is 5.32 Å². The average molecular weight is 396 g/mol. The summed E-state index contributed by atoms with van der Waals surface area (Å²) in [5, 5.41) is 6.73. The third-order valence-electron chi connectivity index (χ3n) is 5.31. The van der Waals surface area contributed by atoms with Crippen molar-refractivity contribution in [2.75, 3.05) is 18.4 Å². The maximum absolute atomic E-state index is 13.3. The van der Waals surface area contributed by atoms with Crippen molar-refractivity contribution in [3.05, 3.63) is 53.6 Å². The van der Waals surface area contributed by atoms with Gasteiger partial charge in [0.25, 0.3) is 0 Å². The zero-order valence-corrected chi connectivity index (χ0v) is 15.2. The van der Waals surface area contributed by atoms with Gasteiger partial charge in [0.15, 0.2) is 0 Å². The standard InChI is InChI=1S/C19H19F3N2O2S/c20-19(21,22)15-3-1-2-4-18(15)27(25,26)12-5-6-16-14(11-12)13-7-9-23-10-8-17(13)24-16/h1-6,11,13,17,23-24H,7-10H2/t13-,17-/m1/s1. The fourth-order valence-corrected chi connectivity index (χ4v) is 5.51. The van der Waals surface area contributed by atoms with Crippen LogP contribution in [-0.2, 0) is 16.0 Å². The van der Waals surface area contributed by atoms with Gasteiger partial charge in [-0.3, -0.25) is 0 Å². The van der Waals surface area contributed by atoms with Crippen LogP contribution in [0.2, 0.25) is 0 Å².